The molecule has 0 fully saturated rings. The summed E-state index contributed by atoms with van der Waals surface area (Å²) in [6.45, 7) is 3.87. The lowest BCUT2D eigenvalue weighted by Gasteiger charge is -2.17. The topological polar surface area (TPSA) is 24.1 Å². The fourth-order valence-electron chi connectivity index (χ4n) is 2.00. The Bertz CT molecular complexity index is 696. The van der Waals surface area contributed by atoms with Gasteiger partial charge in [0.2, 0.25) is 0 Å². The minimum Gasteiger partial charge on any atom is -0.332 e. The second-order valence-electron chi connectivity index (χ2n) is 4.87. The van der Waals surface area contributed by atoms with Gasteiger partial charge >= 0.3 is 6.18 Å². The molecule has 22 heavy (non-hydrogen) atoms. The van der Waals surface area contributed by atoms with Crippen molar-refractivity contribution in [3.8, 4) is 0 Å². The van der Waals surface area contributed by atoms with E-state index in [-0.39, 0.29) is 10.8 Å². The molecular weight excluding hydrogens is 309 g/mol. The van der Waals surface area contributed by atoms with Gasteiger partial charge in [-0.3, -0.25) is 0 Å². The van der Waals surface area contributed by atoms with E-state index in [1.807, 2.05) is 32.0 Å². The Kier molecular flexibility index (Phi) is 4.71. The van der Waals surface area contributed by atoms with E-state index in [0.29, 0.717) is 0 Å². The Labute approximate surface area is 132 Å². The lowest BCUT2D eigenvalue weighted by molar-refractivity contribution is -0.136. The zero-order valence-corrected chi connectivity index (χ0v) is 12.9. The summed E-state index contributed by atoms with van der Waals surface area (Å²) in [6, 6.07) is 10.9. The van der Waals surface area contributed by atoms with Crippen molar-refractivity contribution in [3.63, 3.8) is 0 Å². The van der Waals surface area contributed by atoms with Gasteiger partial charge in [-0.2, -0.15) is 13.2 Å². The van der Waals surface area contributed by atoms with Crippen molar-refractivity contribution in [2.75, 3.05) is 10.6 Å². The zero-order chi connectivity index (χ0) is 16.3. The lowest BCUT2D eigenvalue weighted by atomic mass is 10.1. The van der Waals surface area contributed by atoms with Gasteiger partial charge in [0.15, 0.2) is 5.11 Å². The van der Waals surface area contributed by atoms with Gasteiger partial charge in [-0.15, -0.1) is 0 Å². The molecule has 2 aromatic carbocycles. The molecule has 0 saturated carbocycles. The molecule has 2 aromatic rings. The highest BCUT2D eigenvalue weighted by Crippen LogP contribution is 2.34. The molecule has 0 amide bonds. The van der Waals surface area contributed by atoms with E-state index in [0.717, 1.165) is 22.9 Å². The smallest absolute Gasteiger partial charge is 0.332 e. The second kappa shape index (κ2) is 6.36. The van der Waals surface area contributed by atoms with Crippen molar-refractivity contribution < 1.29 is 13.2 Å². The van der Waals surface area contributed by atoms with Gasteiger partial charge in [0.05, 0.1) is 11.3 Å². The number of alkyl halides is 3. The minimum absolute atomic E-state index is 0.0715. The number of benzene rings is 2. The molecule has 116 valence electrons. The predicted molar refractivity (Wildman–Crippen MR) is 87.2 cm³/mol. The fourth-order valence-corrected chi connectivity index (χ4v) is 2.22. The quantitative estimate of drug-likeness (QED) is 0.749. The average Bonchev–Trinajstić information content (AvgIpc) is 2.43. The maximum absolute atomic E-state index is 12.9. The van der Waals surface area contributed by atoms with Gasteiger partial charge < -0.3 is 10.6 Å². The first-order chi connectivity index (χ1) is 10.3. The molecule has 2 rings (SSSR count). The average molecular weight is 324 g/mol. The third-order valence-corrected chi connectivity index (χ3v) is 3.54. The van der Waals surface area contributed by atoms with Crippen LogP contribution in [-0.4, -0.2) is 5.11 Å². The molecule has 6 heteroatoms. The Hall–Kier alpha value is -2.08. The molecule has 0 aliphatic rings. The molecule has 0 heterocycles. The summed E-state index contributed by atoms with van der Waals surface area (Å²) in [6.07, 6.45) is -4.43. The van der Waals surface area contributed by atoms with Crippen LogP contribution in [0.4, 0.5) is 24.5 Å². The minimum atomic E-state index is -4.43. The Morgan fingerprint density at radius 3 is 2.18 bits per heavy atom. The number of halogens is 3. The standard InChI is InChI=1S/C16H15F3N2S/c1-10-6-5-9-13(11(10)2)20-15(22)21-14-8-4-3-7-12(14)16(17,18)19/h3-9H,1-2H3,(H2,20,21,22). The number of hydrogen-bond acceptors (Lipinski definition) is 1. The van der Waals surface area contributed by atoms with Crippen molar-refractivity contribution in [3.05, 3.63) is 59.2 Å². The van der Waals surface area contributed by atoms with Crippen LogP contribution in [0.2, 0.25) is 0 Å². The monoisotopic (exact) mass is 324 g/mol. The highest BCUT2D eigenvalue weighted by molar-refractivity contribution is 7.80. The van der Waals surface area contributed by atoms with Crippen LogP contribution in [0, 0.1) is 13.8 Å². The SMILES string of the molecule is Cc1cccc(NC(=S)Nc2ccccc2C(F)(F)F)c1C. The van der Waals surface area contributed by atoms with E-state index in [2.05, 4.69) is 10.6 Å². The molecule has 2 N–H and O–H groups in total. The molecule has 0 saturated heterocycles. The van der Waals surface area contributed by atoms with Gasteiger partial charge in [0, 0.05) is 5.69 Å². The molecular formula is C16H15F3N2S. The molecule has 0 aliphatic heterocycles. The van der Waals surface area contributed by atoms with Crippen molar-refractivity contribution >= 4 is 28.7 Å². The summed E-state index contributed by atoms with van der Waals surface area (Å²) in [5, 5.41) is 5.66. The van der Waals surface area contributed by atoms with Crippen LogP contribution in [0.25, 0.3) is 0 Å². The van der Waals surface area contributed by atoms with Gasteiger partial charge in [-0.05, 0) is 55.4 Å². The largest absolute Gasteiger partial charge is 0.418 e. The van der Waals surface area contributed by atoms with E-state index in [9.17, 15) is 13.2 Å². The van der Waals surface area contributed by atoms with Crippen LogP contribution < -0.4 is 10.6 Å². The van der Waals surface area contributed by atoms with Crippen molar-refractivity contribution in [2.45, 2.75) is 20.0 Å². The summed E-state index contributed by atoms with van der Waals surface area (Å²) in [4.78, 5) is 0. The summed E-state index contributed by atoms with van der Waals surface area (Å²) < 4.78 is 38.8. The van der Waals surface area contributed by atoms with E-state index in [4.69, 9.17) is 12.2 Å². The lowest BCUT2D eigenvalue weighted by Crippen LogP contribution is -2.22. The maximum atomic E-state index is 12.9. The van der Waals surface area contributed by atoms with Crippen LogP contribution >= 0.6 is 12.2 Å². The first-order valence-electron chi connectivity index (χ1n) is 6.59. The van der Waals surface area contributed by atoms with E-state index in [1.165, 1.54) is 18.2 Å². The number of rotatable bonds is 2. The Balaban J connectivity index is 2.18. The van der Waals surface area contributed by atoms with Crippen LogP contribution in [0.1, 0.15) is 16.7 Å². The third-order valence-electron chi connectivity index (χ3n) is 3.33. The van der Waals surface area contributed by atoms with Crippen molar-refractivity contribution in [2.24, 2.45) is 0 Å². The summed E-state index contributed by atoms with van der Waals surface area (Å²) in [7, 11) is 0. The van der Waals surface area contributed by atoms with Crippen LogP contribution in [0.15, 0.2) is 42.5 Å². The van der Waals surface area contributed by atoms with E-state index >= 15 is 0 Å². The molecule has 0 radical (unpaired) electrons. The molecule has 0 atom stereocenters. The van der Waals surface area contributed by atoms with Crippen LogP contribution in [0.3, 0.4) is 0 Å². The first kappa shape index (κ1) is 16.3. The highest BCUT2D eigenvalue weighted by atomic mass is 32.1. The number of para-hydroxylation sites is 1. The van der Waals surface area contributed by atoms with Gasteiger partial charge in [0.1, 0.15) is 0 Å². The molecule has 0 aliphatic carbocycles. The van der Waals surface area contributed by atoms with E-state index < -0.39 is 11.7 Å². The van der Waals surface area contributed by atoms with Crippen LogP contribution in [-0.2, 0) is 6.18 Å². The van der Waals surface area contributed by atoms with Gasteiger partial charge in [-0.25, -0.2) is 0 Å². The van der Waals surface area contributed by atoms with Crippen LogP contribution in [0.5, 0.6) is 0 Å². The Morgan fingerprint density at radius 1 is 0.909 bits per heavy atom. The molecule has 0 spiro atoms. The van der Waals surface area contributed by atoms with Gasteiger partial charge in [0.25, 0.3) is 0 Å². The third kappa shape index (κ3) is 3.76. The molecule has 2 nitrogen and oxygen atoms in total. The summed E-state index contributed by atoms with van der Waals surface area (Å²) in [5.74, 6) is 0. The van der Waals surface area contributed by atoms with Crippen molar-refractivity contribution in [1.29, 1.82) is 0 Å². The second-order valence-corrected chi connectivity index (χ2v) is 5.28. The van der Waals surface area contributed by atoms with Crippen molar-refractivity contribution in [1.82, 2.24) is 0 Å². The number of nitrogens with one attached hydrogen (secondary N) is 2. The number of hydrogen-bond donors (Lipinski definition) is 2. The number of anilines is 2. The summed E-state index contributed by atoms with van der Waals surface area (Å²) in [5.41, 5.74) is 2.01. The number of thiocarbonyl (C=S) groups is 1. The van der Waals surface area contributed by atoms with E-state index in [1.54, 1.807) is 0 Å². The first-order valence-corrected chi connectivity index (χ1v) is 7.00. The molecule has 0 aromatic heterocycles. The fraction of sp³-hybridized carbons (Fsp3) is 0.188. The summed E-state index contributed by atoms with van der Waals surface area (Å²) >= 11 is 5.11. The Morgan fingerprint density at radius 2 is 1.50 bits per heavy atom. The molecule has 0 unspecified atom stereocenters. The highest BCUT2D eigenvalue weighted by Gasteiger charge is 2.33. The number of aryl methyl sites for hydroxylation is 1. The normalized spacial score (nSPS) is 11.1. The predicted octanol–water partition coefficient (Wildman–Crippen LogP) is 5.13. The maximum Gasteiger partial charge on any atom is 0.418 e. The van der Waals surface area contributed by atoms with Gasteiger partial charge in [-0.1, -0.05) is 24.3 Å². The molecule has 0 bridgehead atoms. The zero-order valence-electron chi connectivity index (χ0n) is 12.1.